The Hall–Kier alpha value is -5.68. The van der Waals surface area contributed by atoms with E-state index in [0.29, 0.717) is 52.3 Å². The van der Waals surface area contributed by atoms with Crippen molar-refractivity contribution in [1.29, 1.82) is 0 Å². The van der Waals surface area contributed by atoms with E-state index in [1.807, 2.05) is 43.3 Å². The molecule has 0 spiro atoms. The van der Waals surface area contributed by atoms with Gasteiger partial charge in [0.2, 0.25) is 5.95 Å². The van der Waals surface area contributed by atoms with Crippen LogP contribution in [0.15, 0.2) is 48.5 Å². The number of amides is 2. The molecule has 0 atom stereocenters. The van der Waals surface area contributed by atoms with Crippen LogP contribution in [0, 0.1) is 19.8 Å². The fourth-order valence-corrected chi connectivity index (χ4v) is 7.42. The van der Waals surface area contributed by atoms with E-state index in [9.17, 15) is 31.5 Å². The number of halogens is 6. The average molecular weight is 823 g/mol. The van der Waals surface area contributed by atoms with Crippen LogP contribution >= 0.6 is 12.4 Å². The first-order valence-corrected chi connectivity index (χ1v) is 18.6. The van der Waals surface area contributed by atoms with Crippen molar-refractivity contribution in [3.8, 4) is 22.5 Å². The number of aromatic amines is 2. The SMILES string of the molecule is Cc1nc2cccc(-c3cc4c([nH]3)CCNC4=O)c2nc1F.Cc1nc2cccc(-c3cc4c([nH]3)CCNC4=O)c2nc1NC1CC(F)(F)C1.Cl.NC1CC(F)(F)C1. The first-order chi connectivity index (χ1) is 27.1. The number of fused-ring (bicyclic) bond motifs is 4. The number of hydrogen-bond acceptors (Lipinski definition) is 8. The lowest BCUT2D eigenvalue weighted by Crippen LogP contribution is -2.45. The summed E-state index contributed by atoms with van der Waals surface area (Å²) in [6.07, 6.45) is 0.892. The quantitative estimate of drug-likeness (QED) is 0.103. The summed E-state index contributed by atoms with van der Waals surface area (Å²) in [6.45, 7) is 4.64. The first kappa shape index (κ1) is 40.5. The van der Waals surface area contributed by atoms with Crippen LogP contribution in [-0.2, 0) is 12.8 Å². The minimum atomic E-state index is -2.59. The van der Waals surface area contributed by atoms with Gasteiger partial charge in [0.25, 0.3) is 23.7 Å². The molecule has 0 bridgehead atoms. The van der Waals surface area contributed by atoms with Crippen LogP contribution in [0.4, 0.5) is 27.8 Å². The number of nitrogens with one attached hydrogen (secondary N) is 5. The Kier molecular flexibility index (Phi) is 10.9. The Labute approximate surface area is 334 Å². The maximum atomic E-state index is 13.8. The molecule has 2 aromatic carbocycles. The molecule has 18 heteroatoms. The van der Waals surface area contributed by atoms with Gasteiger partial charge in [-0.05, 0) is 38.1 Å². The highest BCUT2D eigenvalue weighted by Crippen LogP contribution is 2.40. The van der Waals surface area contributed by atoms with Gasteiger partial charge in [-0.25, -0.2) is 37.5 Å². The zero-order chi connectivity index (χ0) is 40.2. The third kappa shape index (κ3) is 8.18. The van der Waals surface area contributed by atoms with Gasteiger partial charge in [0, 0.05) is 97.6 Å². The zero-order valence-electron chi connectivity index (χ0n) is 31.4. The molecule has 2 fully saturated rings. The number of carbonyl (C=O) groups is 2. The predicted molar refractivity (Wildman–Crippen MR) is 211 cm³/mol. The summed E-state index contributed by atoms with van der Waals surface area (Å²) < 4.78 is 63.5. The standard InChI is InChI=1S/C20H19F2N5O.C16H13FN4O.C4H7F2N.ClH/c1-10-18(25-11-8-20(21,22)9-11)27-17-12(3-2-4-15(17)24-10)16-7-13-14(26-16)5-6-23-19(13)28;1-8-15(17)21-14-9(3-2-4-12(14)19-8)13-7-10-11(20-13)5-6-18-16(10)22;5-4(6)1-3(7)2-4;/h2-4,7,11,26H,5-6,8-9H2,1H3,(H,23,28)(H,25,27);2-4,7,20H,5-6H2,1H3,(H,18,22);3H,1-2,7H2;1H. The molecule has 4 aliphatic rings. The monoisotopic (exact) mass is 822 g/mol. The topological polar surface area (TPSA) is 179 Å². The predicted octanol–water partition coefficient (Wildman–Crippen LogP) is 6.95. The molecule has 6 heterocycles. The Morgan fingerprint density at radius 2 is 1.17 bits per heavy atom. The third-order valence-corrected chi connectivity index (χ3v) is 10.4. The lowest BCUT2D eigenvalue weighted by atomic mass is 9.88. The summed E-state index contributed by atoms with van der Waals surface area (Å²) in [4.78, 5) is 48.1. The number of nitrogens with two attached hydrogens (primary N) is 1. The lowest BCUT2D eigenvalue weighted by Gasteiger charge is -2.35. The van der Waals surface area contributed by atoms with E-state index < -0.39 is 17.8 Å². The highest BCUT2D eigenvalue weighted by molar-refractivity contribution is 6.00. The van der Waals surface area contributed by atoms with Crippen molar-refractivity contribution in [3.05, 3.63) is 88.4 Å². The van der Waals surface area contributed by atoms with Gasteiger partial charge in [-0.1, -0.05) is 24.3 Å². The van der Waals surface area contributed by atoms with Crippen LogP contribution in [0.3, 0.4) is 0 Å². The van der Waals surface area contributed by atoms with E-state index in [-0.39, 0.29) is 67.7 Å². The third-order valence-electron chi connectivity index (χ3n) is 10.4. The second-order valence-corrected chi connectivity index (χ2v) is 14.9. The summed E-state index contributed by atoms with van der Waals surface area (Å²) in [7, 11) is 0. The molecule has 2 aliphatic carbocycles. The van der Waals surface area contributed by atoms with Crippen molar-refractivity contribution in [1.82, 2.24) is 40.5 Å². The Balaban J connectivity index is 0.000000152. The van der Waals surface area contributed by atoms with Crippen LogP contribution in [0.1, 0.15) is 69.2 Å². The second kappa shape index (κ2) is 15.6. The smallest absolute Gasteiger partial charge is 0.253 e. The Morgan fingerprint density at radius 1 is 0.690 bits per heavy atom. The minimum Gasteiger partial charge on any atom is -0.365 e. The van der Waals surface area contributed by atoms with E-state index in [4.69, 9.17) is 10.7 Å². The number of rotatable bonds is 4. The van der Waals surface area contributed by atoms with Crippen LogP contribution in [0.5, 0.6) is 0 Å². The van der Waals surface area contributed by atoms with E-state index in [0.717, 1.165) is 52.3 Å². The highest BCUT2D eigenvalue weighted by Gasteiger charge is 2.45. The number of nitrogens with zero attached hydrogens (tertiary/aromatic N) is 4. The van der Waals surface area contributed by atoms with E-state index in [1.165, 1.54) is 0 Å². The van der Waals surface area contributed by atoms with Crippen molar-refractivity contribution < 1.29 is 31.5 Å². The molecule has 10 rings (SSSR count). The molecule has 0 radical (unpaired) electrons. The molecule has 0 unspecified atom stereocenters. The van der Waals surface area contributed by atoms with Crippen molar-refractivity contribution >= 4 is 52.1 Å². The number of para-hydroxylation sites is 2. The fraction of sp³-hybridized carbons (Fsp3) is 0.350. The Morgan fingerprint density at radius 3 is 1.62 bits per heavy atom. The molecule has 12 nitrogen and oxygen atoms in total. The molecular weight excluding hydrogens is 783 g/mol. The molecule has 0 saturated heterocycles. The molecule has 4 aromatic heterocycles. The van der Waals surface area contributed by atoms with Crippen molar-refractivity contribution in [2.24, 2.45) is 5.73 Å². The molecule has 58 heavy (non-hydrogen) atoms. The van der Waals surface area contributed by atoms with Gasteiger partial charge in [0.05, 0.1) is 33.5 Å². The number of benzene rings is 2. The first-order valence-electron chi connectivity index (χ1n) is 18.6. The summed E-state index contributed by atoms with van der Waals surface area (Å²) in [5, 5.41) is 8.75. The zero-order valence-corrected chi connectivity index (χ0v) is 32.2. The number of anilines is 1. The normalized spacial score (nSPS) is 17.8. The Bertz CT molecular complexity index is 2540. The molecule has 304 valence electrons. The number of aryl methyl sites for hydroxylation is 2. The van der Waals surface area contributed by atoms with Gasteiger partial charge in [0.15, 0.2) is 0 Å². The minimum absolute atomic E-state index is 0. The number of alkyl halides is 4. The highest BCUT2D eigenvalue weighted by atomic mass is 35.5. The van der Waals surface area contributed by atoms with Crippen molar-refractivity contribution in [2.45, 2.75) is 76.3 Å². The largest absolute Gasteiger partial charge is 0.365 e. The van der Waals surface area contributed by atoms with Crippen molar-refractivity contribution in [3.63, 3.8) is 0 Å². The van der Waals surface area contributed by atoms with E-state index >= 15 is 0 Å². The van der Waals surface area contributed by atoms with Crippen LogP contribution in [0.2, 0.25) is 0 Å². The summed E-state index contributed by atoms with van der Waals surface area (Å²) >= 11 is 0. The van der Waals surface area contributed by atoms with Gasteiger partial charge >= 0.3 is 0 Å². The van der Waals surface area contributed by atoms with Crippen LogP contribution in [-0.4, -0.2) is 78.7 Å². The number of H-pyrrole nitrogens is 2. The van der Waals surface area contributed by atoms with Gasteiger partial charge < -0.3 is 31.7 Å². The molecule has 2 aliphatic heterocycles. The fourth-order valence-electron chi connectivity index (χ4n) is 7.42. The number of carbonyl (C=O) groups excluding carboxylic acids is 2. The lowest BCUT2D eigenvalue weighted by molar-refractivity contribution is -0.0841. The average Bonchev–Trinajstić information content (AvgIpc) is 3.78. The number of aromatic nitrogens is 6. The molecule has 7 N–H and O–H groups in total. The summed E-state index contributed by atoms with van der Waals surface area (Å²) in [5.41, 5.74) is 14.7. The number of hydrogen-bond donors (Lipinski definition) is 6. The maximum Gasteiger partial charge on any atom is 0.253 e. The second-order valence-electron chi connectivity index (χ2n) is 14.9. The van der Waals surface area contributed by atoms with Crippen LogP contribution in [0.25, 0.3) is 44.6 Å². The van der Waals surface area contributed by atoms with E-state index in [2.05, 4.69) is 40.9 Å². The molecule has 6 aromatic rings. The summed E-state index contributed by atoms with van der Waals surface area (Å²) in [5.74, 6) is -5.25. The van der Waals surface area contributed by atoms with Gasteiger partial charge in [-0.3, -0.25) is 9.59 Å². The van der Waals surface area contributed by atoms with Gasteiger partial charge in [-0.2, -0.15) is 4.39 Å². The van der Waals surface area contributed by atoms with Crippen LogP contribution < -0.4 is 21.7 Å². The van der Waals surface area contributed by atoms with E-state index in [1.54, 1.807) is 19.1 Å². The molecule has 2 saturated carbocycles. The molecule has 2 amide bonds. The molecular formula is C40H40ClF5N10O2. The van der Waals surface area contributed by atoms with Crippen molar-refractivity contribution in [2.75, 3.05) is 18.4 Å². The van der Waals surface area contributed by atoms with Gasteiger partial charge in [-0.15, -0.1) is 12.4 Å². The van der Waals surface area contributed by atoms with Gasteiger partial charge in [0.1, 0.15) is 16.9 Å². The maximum absolute atomic E-state index is 13.8. The summed E-state index contributed by atoms with van der Waals surface area (Å²) in [6, 6.07) is 14.3.